The summed E-state index contributed by atoms with van der Waals surface area (Å²) in [7, 11) is 0. The zero-order chi connectivity index (χ0) is 12.9. The predicted octanol–water partition coefficient (Wildman–Crippen LogP) is 3.31. The van der Waals surface area contributed by atoms with Gasteiger partial charge < -0.3 is 4.74 Å². The lowest BCUT2D eigenvalue weighted by atomic mass is 9.85. The molecule has 1 aromatic heterocycles. The van der Waals surface area contributed by atoms with Crippen molar-refractivity contribution >= 4 is 11.3 Å². The molecular weight excluding hydrogens is 256 g/mol. The van der Waals surface area contributed by atoms with Crippen LogP contribution in [0.5, 0.6) is 0 Å². The smallest absolute Gasteiger partial charge is 0.107 e. The zero-order valence-electron chi connectivity index (χ0n) is 11.6. The number of aromatic nitrogens is 1. The van der Waals surface area contributed by atoms with Gasteiger partial charge in [0.15, 0.2) is 0 Å². The molecule has 1 aliphatic carbocycles. The minimum absolute atomic E-state index is 0.455. The molecule has 19 heavy (non-hydrogen) atoms. The molecule has 2 fully saturated rings. The molecule has 0 spiro atoms. The number of nitrogens with zero attached hydrogens (tertiary/aromatic N) is 2. The second-order valence-electron chi connectivity index (χ2n) is 5.89. The number of morpholine rings is 1. The first-order chi connectivity index (χ1) is 9.40. The largest absolute Gasteiger partial charge is 0.376 e. The molecule has 0 aromatic carbocycles. The molecule has 1 saturated carbocycles. The number of rotatable bonds is 4. The van der Waals surface area contributed by atoms with E-state index < -0.39 is 0 Å². The Kier molecular flexibility index (Phi) is 4.86. The molecule has 0 unspecified atom stereocenters. The molecule has 1 aliphatic heterocycles. The van der Waals surface area contributed by atoms with Crippen molar-refractivity contribution in [2.24, 2.45) is 5.92 Å². The molecule has 1 saturated heterocycles. The lowest BCUT2D eigenvalue weighted by Crippen LogP contribution is -2.42. The van der Waals surface area contributed by atoms with E-state index >= 15 is 0 Å². The van der Waals surface area contributed by atoms with Crippen molar-refractivity contribution in [3.63, 3.8) is 0 Å². The number of hydrogen-bond acceptors (Lipinski definition) is 4. The maximum Gasteiger partial charge on any atom is 0.107 e. The molecule has 0 bridgehead atoms. The first-order valence-corrected chi connectivity index (χ1v) is 8.50. The van der Waals surface area contributed by atoms with Crippen LogP contribution in [-0.2, 0) is 11.3 Å². The Balaban J connectivity index is 1.47. The van der Waals surface area contributed by atoms with E-state index in [-0.39, 0.29) is 0 Å². The van der Waals surface area contributed by atoms with Crippen LogP contribution in [0, 0.1) is 5.92 Å². The maximum absolute atomic E-state index is 5.97. The van der Waals surface area contributed by atoms with Crippen LogP contribution in [0.1, 0.15) is 43.5 Å². The van der Waals surface area contributed by atoms with Crippen LogP contribution in [0.25, 0.3) is 0 Å². The highest BCUT2D eigenvalue weighted by atomic mass is 32.1. The average Bonchev–Trinajstić information content (AvgIpc) is 2.93. The topological polar surface area (TPSA) is 25.4 Å². The van der Waals surface area contributed by atoms with Gasteiger partial charge in [0.25, 0.3) is 0 Å². The molecule has 0 radical (unpaired) electrons. The molecule has 4 heteroatoms. The second-order valence-corrected chi connectivity index (χ2v) is 6.87. The lowest BCUT2D eigenvalue weighted by molar-refractivity contribution is -0.0439. The Morgan fingerprint density at radius 2 is 2.21 bits per heavy atom. The van der Waals surface area contributed by atoms with Crippen molar-refractivity contribution in [1.29, 1.82) is 0 Å². The molecule has 2 aliphatic rings. The summed E-state index contributed by atoms with van der Waals surface area (Å²) in [6.07, 6.45) is 10.8. The summed E-state index contributed by atoms with van der Waals surface area (Å²) in [5.41, 5.74) is 0. The molecule has 106 valence electrons. The molecular formula is C15H24N2OS. The van der Waals surface area contributed by atoms with E-state index in [2.05, 4.69) is 15.3 Å². The molecule has 3 nitrogen and oxygen atoms in total. The third-order valence-electron chi connectivity index (χ3n) is 4.39. The van der Waals surface area contributed by atoms with Gasteiger partial charge in [-0.3, -0.25) is 4.90 Å². The highest BCUT2D eigenvalue weighted by Gasteiger charge is 2.25. The molecule has 1 aromatic rings. The van der Waals surface area contributed by atoms with Crippen LogP contribution in [0.4, 0.5) is 0 Å². The standard InChI is InChI=1S/C15H24N2OS/c1-2-4-13(5-3-1)10-14-11-17(7-8-18-14)12-15-16-6-9-19-15/h6,9,13-14H,1-5,7-8,10-12H2/t14-/m0/s1. The Labute approximate surface area is 120 Å². The minimum atomic E-state index is 0.455. The number of thiazole rings is 1. The van der Waals surface area contributed by atoms with Gasteiger partial charge in [0.2, 0.25) is 0 Å². The van der Waals surface area contributed by atoms with Gasteiger partial charge in [-0.25, -0.2) is 4.98 Å². The van der Waals surface area contributed by atoms with Gasteiger partial charge in [-0.05, 0) is 12.3 Å². The Hall–Kier alpha value is -0.450. The van der Waals surface area contributed by atoms with Crippen molar-refractivity contribution in [2.75, 3.05) is 19.7 Å². The van der Waals surface area contributed by atoms with Gasteiger partial charge in [-0.1, -0.05) is 32.1 Å². The zero-order valence-corrected chi connectivity index (χ0v) is 12.4. The first kappa shape index (κ1) is 13.5. The van der Waals surface area contributed by atoms with Gasteiger partial charge in [-0.2, -0.15) is 0 Å². The highest BCUT2D eigenvalue weighted by Crippen LogP contribution is 2.29. The first-order valence-electron chi connectivity index (χ1n) is 7.62. The van der Waals surface area contributed by atoms with Crippen LogP contribution in [-0.4, -0.2) is 35.7 Å². The van der Waals surface area contributed by atoms with Crippen molar-refractivity contribution in [3.05, 3.63) is 16.6 Å². The number of ether oxygens (including phenoxy) is 1. The van der Waals surface area contributed by atoms with Crippen LogP contribution < -0.4 is 0 Å². The van der Waals surface area contributed by atoms with E-state index in [4.69, 9.17) is 4.74 Å². The normalized spacial score (nSPS) is 26.6. The van der Waals surface area contributed by atoms with Gasteiger partial charge in [0, 0.05) is 24.7 Å². The molecule has 3 rings (SSSR count). The SMILES string of the molecule is c1csc(CN2CCO[C@@H](CC3CCCCC3)C2)n1. The number of hydrogen-bond donors (Lipinski definition) is 0. The van der Waals surface area contributed by atoms with Crippen LogP contribution in [0.3, 0.4) is 0 Å². The van der Waals surface area contributed by atoms with Crippen molar-refractivity contribution in [3.8, 4) is 0 Å². The third kappa shape index (κ3) is 4.01. The Bertz CT molecular complexity index is 362. The maximum atomic E-state index is 5.97. The van der Waals surface area contributed by atoms with E-state index in [0.29, 0.717) is 6.10 Å². The Morgan fingerprint density at radius 1 is 1.32 bits per heavy atom. The van der Waals surface area contributed by atoms with E-state index in [1.54, 1.807) is 11.3 Å². The third-order valence-corrected chi connectivity index (χ3v) is 5.15. The lowest BCUT2D eigenvalue weighted by Gasteiger charge is -2.35. The molecule has 2 heterocycles. The van der Waals surface area contributed by atoms with Crippen molar-refractivity contribution in [1.82, 2.24) is 9.88 Å². The van der Waals surface area contributed by atoms with Crippen molar-refractivity contribution in [2.45, 2.75) is 51.2 Å². The fourth-order valence-electron chi connectivity index (χ4n) is 3.38. The Morgan fingerprint density at radius 3 is 3.00 bits per heavy atom. The van der Waals surface area contributed by atoms with E-state index in [9.17, 15) is 0 Å². The van der Waals surface area contributed by atoms with Gasteiger partial charge in [0.1, 0.15) is 5.01 Å². The average molecular weight is 280 g/mol. The minimum Gasteiger partial charge on any atom is -0.376 e. The fraction of sp³-hybridized carbons (Fsp3) is 0.800. The summed E-state index contributed by atoms with van der Waals surface area (Å²) in [4.78, 5) is 6.90. The summed E-state index contributed by atoms with van der Waals surface area (Å²) in [6, 6.07) is 0. The van der Waals surface area contributed by atoms with Crippen LogP contribution in [0.15, 0.2) is 11.6 Å². The van der Waals surface area contributed by atoms with E-state index in [1.165, 1.54) is 43.5 Å². The summed E-state index contributed by atoms with van der Waals surface area (Å²) >= 11 is 1.76. The second kappa shape index (κ2) is 6.82. The van der Waals surface area contributed by atoms with Crippen LogP contribution >= 0.6 is 11.3 Å². The van der Waals surface area contributed by atoms with Gasteiger partial charge in [0.05, 0.1) is 19.3 Å². The molecule has 1 atom stereocenters. The van der Waals surface area contributed by atoms with Gasteiger partial charge in [-0.15, -0.1) is 11.3 Å². The van der Waals surface area contributed by atoms with Crippen LogP contribution in [0.2, 0.25) is 0 Å². The highest BCUT2D eigenvalue weighted by molar-refractivity contribution is 7.09. The van der Waals surface area contributed by atoms with Crippen molar-refractivity contribution < 1.29 is 4.74 Å². The van der Waals surface area contributed by atoms with Gasteiger partial charge >= 0.3 is 0 Å². The fourth-order valence-corrected chi connectivity index (χ4v) is 4.04. The summed E-state index contributed by atoms with van der Waals surface area (Å²) in [5, 5.41) is 3.30. The summed E-state index contributed by atoms with van der Waals surface area (Å²) in [6.45, 7) is 4.04. The van der Waals surface area contributed by atoms with E-state index in [1.807, 2.05) is 6.20 Å². The monoisotopic (exact) mass is 280 g/mol. The predicted molar refractivity (Wildman–Crippen MR) is 78.3 cm³/mol. The molecule has 0 N–H and O–H groups in total. The summed E-state index contributed by atoms with van der Waals surface area (Å²) < 4.78 is 5.97. The quantitative estimate of drug-likeness (QED) is 0.846. The summed E-state index contributed by atoms with van der Waals surface area (Å²) in [5.74, 6) is 0.915. The molecule has 0 amide bonds. The van der Waals surface area contributed by atoms with E-state index in [0.717, 1.165) is 32.2 Å².